The van der Waals surface area contributed by atoms with Gasteiger partial charge in [-0.1, -0.05) is 11.6 Å². The third-order valence-corrected chi connectivity index (χ3v) is 2.59. The number of benzene rings is 1. The largest absolute Gasteiger partial charge is 0.495 e. The summed E-state index contributed by atoms with van der Waals surface area (Å²) in [6, 6.07) is 4.99. The Morgan fingerprint density at radius 3 is 2.56 bits per heavy atom. The number of methoxy groups -OCH3 is 1. The molecule has 0 radical (unpaired) electrons. The van der Waals surface area contributed by atoms with Gasteiger partial charge >= 0.3 is 0 Å². The van der Waals surface area contributed by atoms with Gasteiger partial charge in [-0.2, -0.15) is 0 Å². The summed E-state index contributed by atoms with van der Waals surface area (Å²) in [4.78, 5) is 11.8. The molecule has 0 fully saturated rings. The van der Waals surface area contributed by atoms with E-state index < -0.39 is 0 Å². The second kappa shape index (κ2) is 6.50. The molecule has 18 heavy (non-hydrogen) atoms. The number of amides is 1. The van der Waals surface area contributed by atoms with Crippen molar-refractivity contribution in [3.8, 4) is 5.75 Å². The number of carbonyl (C=O) groups is 1. The van der Waals surface area contributed by atoms with E-state index in [0.29, 0.717) is 16.5 Å². The summed E-state index contributed by atoms with van der Waals surface area (Å²) in [7, 11) is 1.58. The SMILES string of the molecule is COc1ccc(Cl)cc1NC(C)C(=O)NC(C)C. The molecule has 100 valence electrons. The number of anilines is 1. The lowest BCUT2D eigenvalue weighted by molar-refractivity contribution is -0.122. The Morgan fingerprint density at radius 2 is 2.00 bits per heavy atom. The van der Waals surface area contributed by atoms with Crippen LogP contribution in [0, 0.1) is 0 Å². The first-order chi connectivity index (χ1) is 8.43. The maximum atomic E-state index is 11.8. The summed E-state index contributed by atoms with van der Waals surface area (Å²) in [6.07, 6.45) is 0. The van der Waals surface area contributed by atoms with Crippen molar-refractivity contribution in [3.63, 3.8) is 0 Å². The van der Waals surface area contributed by atoms with Crippen LogP contribution in [0.15, 0.2) is 18.2 Å². The van der Waals surface area contributed by atoms with Crippen LogP contribution in [-0.4, -0.2) is 25.1 Å². The molecule has 1 aromatic carbocycles. The molecule has 0 heterocycles. The van der Waals surface area contributed by atoms with E-state index in [9.17, 15) is 4.79 Å². The standard InChI is InChI=1S/C13H19ClN2O2/c1-8(2)15-13(17)9(3)16-11-7-10(14)5-6-12(11)18-4/h5-9,16H,1-4H3,(H,15,17). The van der Waals surface area contributed by atoms with Gasteiger partial charge in [0.15, 0.2) is 0 Å². The highest BCUT2D eigenvalue weighted by molar-refractivity contribution is 6.30. The van der Waals surface area contributed by atoms with E-state index >= 15 is 0 Å². The second-order valence-electron chi connectivity index (χ2n) is 4.37. The number of hydrogen-bond donors (Lipinski definition) is 2. The second-order valence-corrected chi connectivity index (χ2v) is 4.81. The zero-order valence-corrected chi connectivity index (χ0v) is 11.8. The predicted octanol–water partition coefficient (Wildman–Crippen LogP) is 2.67. The van der Waals surface area contributed by atoms with E-state index in [1.807, 2.05) is 13.8 Å². The van der Waals surface area contributed by atoms with Crippen LogP contribution in [0.2, 0.25) is 5.02 Å². The molecule has 0 saturated heterocycles. The molecular formula is C13H19ClN2O2. The van der Waals surface area contributed by atoms with Gasteiger partial charge in [0.1, 0.15) is 11.8 Å². The first kappa shape index (κ1) is 14.6. The average molecular weight is 271 g/mol. The molecule has 0 saturated carbocycles. The van der Waals surface area contributed by atoms with Crippen molar-refractivity contribution in [2.24, 2.45) is 0 Å². The molecule has 4 nitrogen and oxygen atoms in total. The molecule has 1 atom stereocenters. The molecule has 0 aliphatic carbocycles. The van der Waals surface area contributed by atoms with Crippen LogP contribution in [0.25, 0.3) is 0 Å². The Labute approximate surface area is 113 Å². The third-order valence-electron chi connectivity index (χ3n) is 2.36. The number of ether oxygens (including phenoxy) is 1. The highest BCUT2D eigenvalue weighted by atomic mass is 35.5. The zero-order valence-electron chi connectivity index (χ0n) is 11.1. The fraction of sp³-hybridized carbons (Fsp3) is 0.462. The van der Waals surface area contributed by atoms with Gasteiger partial charge in [0, 0.05) is 11.1 Å². The lowest BCUT2D eigenvalue weighted by atomic mass is 10.2. The van der Waals surface area contributed by atoms with Gasteiger partial charge in [-0.3, -0.25) is 4.79 Å². The maximum absolute atomic E-state index is 11.8. The summed E-state index contributed by atoms with van der Waals surface area (Å²) in [5.41, 5.74) is 0.705. The first-order valence-corrected chi connectivity index (χ1v) is 6.22. The summed E-state index contributed by atoms with van der Waals surface area (Å²) in [5, 5.41) is 6.52. The van der Waals surface area contributed by atoms with Gasteiger partial charge in [-0.25, -0.2) is 0 Å². The van der Waals surface area contributed by atoms with E-state index in [4.69, 9.17) is 16.3 Å². The lowest BCUT2D eigenvalue weighted by Crippen LogP contribution is -2.41. The van der Waals surface area contributed by atoms with Crippen LogP contribution in [0.5, 0.6) is 5.75 Å². The number of halogens is 1. The Bertz CT molecular complexity index is 421. The molecule has 0 aromatic heterocycles. The quantitative estimate of drug-likeness (QED) is 0.865. The Morgan fingerprint density at radius 1 is 1.33 bits per heavy atom. The topological polar surface area (TPSA) is 50.4 Å². The highest BCUT2D eigenvalue weighted by Gasteiger charge is 2.15. The predicted molar refractivity (Wildman–Crippen MR) is 74.4 cm³/mol. The molecule has 2 N–H and O–H groups in total. The molecule has 5 heteroatoms. The minimum Gasteiger partial charge on any atom is -0.495 e. The van der Waals surface area contributed by atoms with Gasteiger partial charge in [-0.15, -0.1) is 0 Å². The number of hydrogen-bond acceptors (Lipinski definition) is 3. The van der Waals surface area contributed by atoms with Crippen LogP contribution < -0.4 is 15.4 Å². The van der Waals surface area contributed by atoms with Gasteiger partial charge in [0.25, 0.3) is 0 Å². The van der Waals surface area contributed by atoms with Crippen molar-refractivity contribution in [2.75, 3.05) is 12.4 Å². The molecule has 0 spiro atoms. The smallest absolute Gasteiger partial charge is 0.242 e. The number of carbonyl (C=O) groups excluding carboxylic acids is 1. The van der Waals surface area contributed by atoms with E-state index in [1.54, 1.807) is 32.2 Å². The van der Waals surface area contributed by atoms with Crippen LogP contribution >= 0.6 is 11.6 Å². The summed E-state index contributed by atoms with van der Waals surface area (Å²) in [6.45, 7) is 5.63. The van der Waals surface area contributed by atoms with Crippen LogP contribution in [-0.2, 0) is 4.79 Å². The van der Waals surface area contributed by atoms with E-state index in [2.05, 4.69) is 10.6 Å². The first-order valence-electron chi connectivity index (χ1n) is 5.84. The van der Waals surface area contributed by atoms with Gasteiger partial charge in [0.2, 0.25) is 5.91 Å². The van der Waals surface area contributed by atoms with Crippen molar-refractivity contribution in [3.05, 3.63) is 23.2 Å². The minimum absolute atomic E-state index is 0.0629. The van der Waals surface area contributed by atoms with Crippen LogP contribution in [0.4, 0.5) is 5.69 Å². The molecule has 1 aromatic rings. The summed E-state index contributed by atoms with van der Waals surface area (Å²) >= 11 is 5.93. The van der Waals surface area contributed by atoms with Crippen molar-refractivity contribution < 1.29 is 9.53 Å². The minimum atomic E-state index is -0.361. The Kier molecular flexibility index (Phi) is 5.28. The molecular weight excluding hydrogens is 252 g/mol. The van der Waals surface area contributed by atoms with Gasteiger partial charge < -0.3 is 15.4 Å². The van der Waals surface area contributed by atoms with Crippen molar-refractivity contribution in [2.45, 2.75) is 32.9 Å². The highest BCUT2D eigenvalue weighted by Crippen LogP contribution is 2.28. The molecule has 1 amide bonds. The Balaban J connectivity index is 2.77. The van der Waals surface area contributed by atoms with Crippen LogP contribution in [0.3, 0.4) is 0 Å². The third kappa shape index (κ3) is 4.11. The van der Waals surface area contributed by atoms with E-state index in [-0.39, 0.29) is 18.0 Å². The van der Waals surface area contributed by atoms with E-state index in [1.165, 1.54) is 0 Å². The summed E-state index contributed by atoms with van der Waals surface area (Å²) in [5.74, 6) is 0.593. The van der Waals surface area contributed by atoms with Crippen LogP contribution in [0.1, 0.15) is 20.8 Å². The molecule has 1 unspecified atom stereocenters. The fourth-order valence-corrected chi connectivity index (χ4v) is 1.67. The van der Waals surface area contributed by atoms with Crippen molar-refractivity contribution >= 4 is 23.2 Å². The Hall–Kier alpha value is -1.42. The normalized spacial score (nSPS) is 12.1. The maximum Gasteiger partial charge on any atom is 0.242 e. The molecule has 0 aliphatic heterocycles. The number of rotatable bonds is 5. The van der Waals surface area contributed by atoms with Gasteiger partial charge in [0.05, 0.1) is 12.8 Å². The average Bonchev–Trinajstić information content (AvgIpc) is 2.28. The number of nitrogens with one attached hydrogen (secondary N) is 2. The lowest BCUT2D eigenvalue weighted by Gasteiger charge is -2.18. The molecule has 0 bridgehead atoms. The monoisotopic (exact) mass is 270 g/mol. The zero-order chi connectivity index (χ0) is 13.7. The van der Waals surface area contributed by atoms with Gasteiger partial charge in [-0.05, 0) is 39.0 Å². The van der Waals surface area contributed by atoms with Crippen molar-refractivity contribution in [1.29, 1.82) is 0 Å². The van der Waals surface area contributed by atoms with E-state index in [0.717, 1.165) is 0 Å². The summed E-state index contributed by atoms with van der Waals surface area (Å²) < 4.78 is 5.21. The molecule has 0 aliphatic rings. The fourth-order valence-electron chi connectivity index (χ4n) is 1.50. The van der Waals surface area contributed by atoms with Crippen molar-refractivity contribution in [1.82, 2.24) is 5.32 Å². The molecule has 1 rings (SSSR count).